The largest absolute Gasteiger partial charge is 0.342 e. The van der Waals surface area contributed by atoms with E-state index in [4.69, 9.17) is 0 Å². The fraction of sp³-hybridized carbons (Fsp3) is 0.875. The zero-order chi connectivity index (χ0) is 15.7. The van der Waals surface area contributed by atoms with Crippen molar-refractivity contribution in [2.45, 2.75) is 67.0 Å². The Morgan fingerprint density at radius 3 is 2.25 bits per heavy atom. The fourth-order valence-corrected chi connectivity index (χ4v) is 2.28. The van der Waals surface area contributed by atoms with Crippen LogP contribution in [0.1, 0.15) is 54.9 Å². The number of piperazine rings is 1. The van der Waals surface area contributed by atoms with Gasteiger partial charge in [-0.1, -0.05) is 48.0 Å². The second kappa shape index (κ2) is 6.15. The number of carbonyl (C=O) groups is 2. The van der Waals surface area contributed by atoms with Gasteiger partial charge in [-0.2, -0.15) is 0 Å². The van der Waals surface area contributed by atoms with Gasteiger partial charge >= 0.3 is 0 Å². The highest BCUT2D eigenvalue weighted by molar-refractivity contribution is 5.96. The molecule has 20 heavy (non-hydrogen) atoms. The molecule has 4 unspecified atom stereocenters. The van der Waals surface area contributed by atoms with E-state index in [9.17, 15) is 9.59 Å². The molecule has 4 nitrogen and oxygen atoms in total. The Bertz CT molecular complexity index is 373. The Labute approximate surface area is 123 Å². The summed E-state index contributed by atoms with van der Waals surface area (Å²) in [6, 6.07) is -0.733. The molecule has 1 fully saturated rings. The van der Waals surface area contributed by atoms with Crippen molar-refractivity contribution in [2.24, 2.45) is 17.3 Å². The Hall–Kier alpha value is -1.06. The molecule has 1 aliphatic heterocycles. The van der Waals surface area contributed by atoms with Crippen LogP contribution in [0.15, 0.2) is 0 Å². The molecule has 0 radical (unpaired) electrons. The zero-order valence-corrected chi connectivity index (χ0v) is 14.0. The molecule has 1 heterocycles. The number of amides is 2. The molecular weight excluding hydrogens is 252 g/mol. The summed E-state index contributed by atoms with van der Waals surface area (Å²) in [5.41, 5.74) is 0.125. The van der Waals surface area contributed by atoms with E-state index < -0.39 is 0 Å². The predicted molar refractivity (Wildman–Crippen MR) is 81.2 cm³/mol. The first kappa shape index (κ1) is 17.0. The van der Waals surface area contributed by atoms with Crippen LogP contribution >= 0.6 is 0 Å². The van der Waals surface area contributed by atoms with Crippen LogP contribution in [0, 0.1) is 17.3 Å². The summed E-state index contributed by atoms with van der Waals surface area (Å²) in [4.78, 5) is 26.5. The third-order valence-corrected chi connectivity index (χ3v) is 4.86. The van der Waals surface area contributed by atoms with Crippen LogP contribution < -0.4 is 5.32 Å². The average Bonchev–Trinajstić information content (AvgIpc) is 2.36. The number of carbonyl (C=O) groups excluding carboxylic acids is 2. The molecule has 0 bridgehead atoms. The highest BCUT2D eigenvalue weighted by Crippen LogP contribution is 2.28. The first-order chi connectivity index (χ1) is 9.09. The van der Waals surface area contributed by atoms with Crippen molar-refractivity contribution < 1.29 is 9.59 Å². The van der Waals surface area contributed by atoms with Gasteiger partial charge in [-0.25, -0.2) is 0 Å². The molecule has 1 saturated heterocycles. The van der Waals surface area contributed by atoms with Gasteiger partial charge in [0.2, 0.25) is 11.8 Å². The van der Waals surface area contributed by atoms with Gasteiger partial charge < -0.3 is 10.2 Å². The second-order valence-electron chi connectivity index (χ2n) is 7.31. The van der Waals surface area contributed by atoms with Crippen molar-refractivity contribution in [2.75, 3.05) is 6.54 Å². The lowest BCUT2D eigenvalue weighted by Crippen LogP contribution is -2.64. The van der Waals surface area contributed by atoms with Crippen molar-refractivity contribution in [1.82, 2.24) is 10.2 Å². The minimum Gasteiger partial charge on any atom is -0.342 e. The molecule has 0 aromatic heterocycles. The molecule has 1 rings (SSSR count). The van der Waals surface area contributed by atoms with E-state index in [2.05, 4.69) is 33.0 Å². The number of hydrogen-bond acceptors (Lipinski definition) is 2. The lowest BCUT2D eigenvalue weighted by molar-refractivity contribution is -0.151. The molecule has 0 aromatic carbocycles. The Morgan fingerprint density at radius 1 is 1.25 bits per heavy atom. The molecule has 0 spiro atoms. The summed E-state index contributed by atoms with van der Waals surface area (Å²) in [5, 5.41) is 2.88. The van der Waals surface area contributed by atoms with Crippen molar-refractivity contribution in [1.29, 1.82) is 0 Å². The van der Waals surface area contributed by atoms with E-state index in [0.717, 1.165) is 6.42 Å². The van der Waals surface area contributed by atoms with Crippen LogP contribution in [0.25, 0.3) is 0 Å². The molecular formula is C16H30N2O2. The van der Waals surface area contributed by atoms with Crippen molar-refractivity contribution in [3.8, 4) is 0 Å². The van der Waals surface area contributed by atoms with Gasteiger partial charge in [-0.05, 0) is 24.2 Å². The molecule has 116 valence electrons. The van der Waals surface area contributed by atoms with E-state index in [1.807, 2.05) is 20.8 Å². The monoisotopic (exact) mass is 282 g/mol. The molecule has 0 saturated carbocycles. The van der Waals surface area contributed by atoms with Gasteiger partial charge in [0, 0.05) is 6.54 Å². The SMILES string of the molecule is CCC(C)C1NC(=O)C(C)N(CC(C)C(C)(C)C)C1=O. The van der Waals surface area contributed by atoms with Crippen LogP contribution in [0.3, 0.4) is 0 Å². The summed E-state index contributed by atoms with van der Waals surface area (Å²) in [6.45, 7) is 15.2. The van der Waals surface area contributed by atoms with Gasteiger partial charge in [0.1, 0.15) is 12.1 Å². The number of nitrogens with one attached hydrogen (secondary N) is 1. The van der Waals surface area contributed by atoms with Crippen LogP contribution in [-0.4, -0.2) is 35.3 Å². The van der Waals surface area contributed by atoms with Crippen LogP contribution in [0.2, 0.25) is 0 Å². The molecule has 1 aliphatic rings. The maximum absolute atomic E-state index is 12.7. The van der Waals surface area contributed by atoms with Crippen LogP contribution in [0.4, 0.5) is 0 Å². The molecule has 4 atom stereocenters. The quantitative estimate of drug-likeness (QED) is 0.861. The summed E-state index contributed by atoms with van der Waals surface area (Å²) in [7, 11) is 0. The van der Waals surface area contributed by atoms with Crippen molar-refractivity contribution in [3.05, 3.63) is 0 Å². The van der Waals surface area contributed by atoms with Gasteiger partial charge in [0.15, 0.2) is 0 Å². The standard InChI is InChI=1S/C16H30N2O2/c1-8-10(2)13-15(20)18(12(4)14(19)17-13)9-11(3)16(5,6)7/h10-13H,8-9H2,1-7H3,(H,17,19). The molecule has 0 aliphatic carbocycles. The van der Waals surface area contributed by atoms with Gasteiger partial charge in [0.25, 0.3) is 0 Å². The number of rotatable bonds is 4. The molecule has 4 heteroatoms. The van der Waals surface area contributed by atoms with Crippen LogP contribution in [-0.2, 0) is 9.59 Å². The summed E-state index contributed by atoms with van der Waals surface area (Å²) in [6.07, 6.45) is 0.883. The normalized spacial score (nSPS) is 27.2. The maximum Gasteiger partial charge on any atom is 0.246 e. The van der Waals surface area contributed by atoms with Crippen molar-refractivity contribution >= 4 is 11.8 Å². The predicted octanol–water partition coefficient (Wildman–Crippen LogP) is 2.43. The molecule has 2 amide bonds. The van der Waals surface area contributed by atoms with Crippen molar-refractivity contribution in [3.63, 3.8) is 0 Å². The Morgan fingerprint density at radius 2 is 1.80 bits per heavy atom. The third-order valence-electron chi connectivity index (χ3n) is 4.86. The summed E-state index contributed by atoms with van der Waals surface area (Å²) < 4.78 is 0. The smallest absolute Gasteiger partial charge is 0.246 e. The maximum atomic E-state index is 12.7. The van der Waals surface area contributed by atoms with E-state index in [1.54, 1.807) is 4.90 Å². The number of nitrogens with zero attached hydrogens (tertiary/aromatic N) is 1. The van der Waals surface area contributed by atoms with Gasteiger partial charge in [0.05, 0.1) is 0 Å². The summed E-state index contributed by atoms with van der Waals surface area (Å²) in [5.74, 6) is 0.558. The van der Waals surface area contributed by atoms with Crippen LogP contribution in [0.5, 0.6) is 0 Å². The zero-order valence-electron chi connectivity index (χ0n) is 14.0. The Kier molecular flexibility index (Phi) is 5.22. The lowest BCUT2D eigenvalue weighted by Gasteiger charge is -2.42. The topological polar surface area (TPSA) is 49.4 Å². The highest BCUT2D eigenvalue weighted by atomic mass is 16.2. The number of hydrogen-bond donors (Lipinski definition) is 1. The Balaban J connectivity index is 2.91. The van der Waals surface area contributed by atoms with E-state index >= 15 is 0 Å². The summed E-state index contributed by atoms with van der Waals surface area (Å²) >= 11 is 0. The second-order valence-corrected chi connectivity index (χ2v) is 7.31. The minimum absolute atomic E-state index is 0.0315. The van der Waals surface area contributed by atoms with Gasteiger partial charge in [-0.15, -0.1) is 0 Å². The van der Waals surface area contributed by atoms with E-state index in [1.165, 1.54) is 0 Å². The van der Waals surface area contributed by atoms with E-state index in [-0.39, 0.29) is 35.2 Å². The average molecular weight is 282 g/mol. The minimum atomic E-state index is -0.368. The highest BCUT2D eigenvalue weighted by Gasteiger charge is 2.41. The van der Waals surface area contributed by atoms with E-state index in [0.29, 0.717) is 12.5 Å². The molecule has 0 aromatic rings. The molecule has 1 N–H and O–H groups in total. The first-order valence-electron chi connectivity index (χ1n) is 7.70. The first-order valence-corrected chi connectivity index (χ1v) is 7.70. The lowest BCUT2D eigenvalue weighted by atomic mass is 9.81. The third kappa shape index (κ3) is 3.53. The van der Waals surface area contributed by atoms with Gasteiger partial charge in [-0.3, -0.25) is 9.59 Å². The fourth-order valence-electron chi connectivity index (χ4n) is 2.28.